The third-order valence-electron chi connectivity index (χ3n) is 4.67. The monoisotopic (exact) mass is 403 g/mol. The van der Waals surface area contributed by atoms with Crippen molar-refractivity contribution in [3.8, 4) is 22.8 Å². The molecule has 4 rings (SSSR count). The number of carbonyl (C=O) groups excluding carboxylic acids is 1. The van der Waals surface area contributed by atoms with E-state index in [4.69, 9.17) is 5.11 Å². The average molecular weight is 403 g/mol. The van der Waals surface area contributed by atoms with Gasteiger partial charge in [-0.25, -0.2) is 9.50 Å². The maximum atomic E-state index is 12.1. The van der Waals surface area contributed by atoms with Crippen LogP contribution in [0.1, 0.15) is 35.5 Å². The first-order valence-corrected chi connectivity index (χ1v) is 9.71. The Morgan fingerprint density at radius 2 is 1.67 bits per heavy atom. The molecule has 0 radical (unpaired) electrons. The Morgan fingerprint density at radius 1 is 0.967 bits per heavy atom. The van der Waals surface area contributed by atoms with Crippen LogP contribution in [0.5, 0.6) is 11.5 Å². The second kappa shape index (κ2) is 8.78. The average Bonchev–Trinajstić information content (AvgIpc) is 3.16. The quantitative estimate of drug-likeness (QED) is 0.473. The highest BCUT2D eigenvalue weighted by molar-refractivity contribution is 5.96. The molecule has 2 aromatic carbocycles. The Kier molecular flexibility index (Phi) is 6.16. The number of nitrogens with zero attached hydrogens (tertiary/aromatic N) is 3. The van der Waals surface area contributed by atoms with Crippen molar-refractivity contribution in [3.05, 3.63) is 77.6 Å². The van der Waals surface area contributed by atoms with Crippen molar-refractivity contribution in [2.45, 2.75) is 27.7 Å². The van der Waals surface area contributed by atoms with Gasteiger partial charge in [-0.2, -0.15) is 5.10 Å². The van der Waals surface area contributed by atoms with Gasteiger partial charge in [-0.05, 0) is 43.7 Å². The number of aromatic hydroxyl groups is 2. The highest BCUT2D eigenvalue weighted by Crippen LogP contribution is 2.26. The normalized spacial score (nSPS) is 10.7. The summed E-state index contributed by atoms with van der Waals surface area (Å²) in [5.74, 6) is 0.434. The number of rotatable bonds is 3. The molecule has 0 amide bonds. The summed E-state index contributed by atoms with van der Waals surface area (Å²) in [6.45, 7) is 7.52. The van der Waals surface area contributed by atoms with Crippen LogP contribution in [0, 0.1) is 19.8 Å². The molecule has 0 aliphatic heterocycles. The molecule has 0 saturated heterocycles. The van der Waals surface area contributed by atoms with E-state index in [0.29, 0.717) is 17.1 Å². The fourth-order valence-corrected chi connectivity index (χ4v) is 2.84. The molecule has 0 aliphatic carbocycles. The molecule has 6 nitrogen and oxygen atoms in total. The lowest BCUT2D eigenvalue weighted by Gasteiger charge is -2.06. The van der Waals surface area contributed by atoms with Crippen LogP contribution in [-0.2, 0) is 0 Å². The molecule has 0 unspecified atom stereocenters. The first kappa shape index (κ1) is 21.0. The van der Waals surface area contributed by atoms with E-state index in [0.717, 1.165) is 16.8 Å². The number of Topliss-reactive ketones (excluding diaryl/α,β-unsaturated/α-hetero) is 1. The van der Waals surface area contributed by atoms with Crippen LogP contribution in [-0.4, -0.2) is 30.6 Å². The smallest absolute Gasteiger partial charge is 0.185 e. The van der Waals surface area contributed by atoms with E-state index in [1.54, 1.807) is 35.0 Å². The maximum absolute atomic E-state index is 12.1. The lowest BCUT2D eigenvalue weighted by molar-refractivity contribution is 0.0934. The first-order valence-electron chi connectivity index (χ1n) is 9.71. The molecule has 2 aromatic heterocycles. The van der Waals surface area contributed by atoms with Crippen molar-refractivity contribution in [2.24, 2.45) is 5.92 Å². The molecule has 0 saturated carbocycles. The van der Waals surface area contributed by atoms with Crippen molar-refractivity contribution in [3.63, 3.8) is 0 Å². The molecule has 6 heteroatoms. The molecular formula is C24H25N3O3. The standard InChI is InChI=1S/C17H17N3O2.C7H8O/c1-10(2)17(22)13-9-16-18-7-6-14(20(16)19-13)12-5-4-11(3)15(21)8-12;1-6-2-4-7(8)5-3-6/h4-10,21H,1-3H3;2-5,8H,1H3. The third-order valence-corrected chi connectivity index (χ3v) is 4.67. The number of fused-ring (bicyclic) bond motifs is 1. The van der Waals surface area contributed by atoms with Gasteiger partial charge in [0.25, 0.3) is 0 Å². The Labute approximate surface area is 175 Å². The number of hydrogen-bond acceptors (Lipinski definition) is 5. The SMILES string of the molecule is Cc1ccc(-c2ccnc3cc(C(=O)C(C)C)nn23)cc1O.Cc1ccc(O)cc1. The van der Waals surface area contributed by atoms with E-state index >= 15 is 0 Å². The lowest BCUT2D eigenvalue weighted by Crippen LogP contribution is -2.08. The van der Waals surface area contributed by atoms with E-state index in [1.807, 2.05) is 58.0 Å². The highest BCUT2D eigenvalue weighted by Gasteiger charge is 2.16. The largest absolute Gasteiger partial charge is 0.508 e. The zero-order valence-electron chi connectivity index (χ0n) is 17.5. The van der Waals surface area contributed by atoms with Gasteiger partial charge in [0.2, 0.25) is 0 Å². The number of phenols is 2. The Balaban J connectivity index is 0.000000269. The second-order valence-electron chi connectivity index (χ2n) is 7.49. The van der Waals surface area contributed by atoms with Gasteiger partial charge in [0.15, 0.2) is 11.4 Å². The van der Waals surface area contributed by atoms with Gasteiger partial charge in [-0.15, -0.1) is 0 Å². The summed E-state index contributed by atoms with van der Waals surface area (Å²) >= 11 is 0. The molecule has 154 valence electrons. The molecule has 0 bridgehead atoms. The molecular weight excluding hydrogens is 378 g/mol. The van der Waals surface area contributed by atoms with Crippen LogP contribution in [0.25, 0.3) is 16.9 Å². The van der Waals surface area contributed by atoms with Gasteiger partial charge in [0, 0.05) is 23.7 Å². The number of ketones is 1. The summed E-state index contributed by atoms with van der Waals surface area (Å²) in [5.41, 5.74) is 4.60. The van der Waals surface area contributed by atoms with Crippen LogP contribution in [0.2, 0.25) is 0 Å². The van der Waals surface area contributed by atoms with Crippen LogP contribution in [0.4, 0.5) is 0 Å². The number of aromatic nitrogens is 3. The number of hydrogen-bond donors (Lipinski definition) is 2. The van der Waals surface area contributed by atoms with Gasteiger partial charge in [-0.1, -0.05) is 43.7 Å². The predicted octanol–water partition coefficient (Wildman–Crippen LogP) is 4.95. The first-order chi connectivity index (χ1) is 14.3. The zero-order chi connectivity index (χ0) is 21.8. The van der Waals surface area contributed by atoms with Crippen molar-refractivity contribution in [2.75, 3.05) is 0 Å². The van der Waals surface area contributed by atoms with Gasteiger partial charge in [0.05, 0.1) is 5.69 Å². The van der Waals surface area contributed by atoms with Gasteiger partial charge in [-0.3, -0.25) is 4.79 Å². The Morgan fingerprint density at radius 3 is 2.27 bits per heavy atom. The van der Waals surface area contributed by atoms with E-state index < -0.39 is 0 Å². The summed E-state index contributed by atoms with van der Waals surface area (Å²) in [6, 6.07) is 16.1. The van der Waals surface area contributed by atoms with E-state index in [-0.39, 0.29) is 17.5 Å². The van der Waals surface area contributed by atoms with Crippen LogP contribution < -0.4 is 0 Å². The molecule has 0 aliphatic rings. The van der Waals surface area contributed by atoms with Crippen molar-refractivity contribution in [1.29, 1.82) is 0 Å². The summed E-state index contributed by atoms with van der Waals surface area (Å²) in [6.07, 6.45) is 1.67. The number of carbonyl (C=O) groups is 1. The summed E-state index contributed by atoms with van der Waals surface area (Å²) in [4.78, 5) is 16.4. The molecule has 2 heterocycles. The fourth-order valence-electron chi connectivity index (χ4n) is 2.84. The predicted molar refractivity (Wildman–Crippen MR) is 117 cm³/mol. The molecule has 30 heavy (non-hydrogen) atoms. The molecule has 0 atom stereocenters. The van der Waals surface area contributed by atoms with Crippen molar-refractivity contribution < 1.29 is 15.0 Å². The van der Waals surface area contributed by atoms with E-state index in [1.165, 1.54) is 5.56 Å². The minimum Gasteiger partial charge on any atom is -0.508 e. The van der Waals surface area contributed by atoms with Crippen molar-refractivity contribution in [1.82, 2.24) is 14.6 Å². The number of phenolic OH excluding ortho intramolecular Hbond substituents is 2. The van der Waals surface area contributed by atoms with Gasteiger partial charge in [0.1, 0.15) is 17.2 Å². The highest BCUT2D eigenvalue weighted by atomic mass is 16.3. The topological polar surface area (TPSA) is 87.7 Å². The van der Waals surface area contributed by atoms with E-state index in [2.05, 4.69) is 10.1 Å². The molecule has 0 spiro atoms. The number of aryl methyl sites for hydroxylation is 2. The Hall–Kier alpha value is -3.67. The minimum absolute atomic E-state index is 0.0109. The van der Waals surface area contributed by atoms with E-state index in [9.17, 15) is 9.90 Å². The minimum atomic E-state index is -0.114. The second-order valence-corrected chi connectivity index (χ2v) is 7.49. The van der Waals surface area contributed by atoms with Gasteiger partial charge < -0.3 is 10.2 Å². The number of benzene rings is 2. The summed E-state index contributed by atoms with van der Waals surface area (Å²) in [5, 5.41) is 23.0. The summed E-state index contributed by atoms with van der Waals surface area (Å²) in [7, 11) is 0. The zero-order valence-corrected chi connectivity index (χ0v) is 17.5. The maximum Gasteiger partial charge on any atom is 0.185 e. The lowest BCUT2D eigenvalue weighted by atomic mass is 10.1. The molecule has 2 N–H and O–H groups in total. The molecule has 4 aromatic rings. The molecule has 0 fully saturated rings. The third kappa shape index (κ3) is 4.66. The summed E-state index contributed by atoms with van der Waals surface area (Å²) < 4.78 is 1.64. The van der Waals surface area contributed by atoms with Crippen LogP contribution >= 0.6 is 0 Å². The van der Waals surface area contributed by atoms with Crippen LogP contribution in [0.15, 0.2) is 60.8 Å². The Bertz CT molecular complexity index is 1160. The van der Waals surface area contributed by atoms with Crippen LogP contribution in [0.3, 0.4) is 0 Å². The fraction of sp³-hybridized carbons (Fsp3) is 0.208. The van der Waals surface area contributed by atoms with Crippen molar-refractivity contribution >= 4 is 11.4 Å². The van der Waals surface area contributed by atoms with Gasteiger partial charge >= 0.3 is 0 Å².